The molecule has 1 heterocycles. The number of ether oxygens (including phenoxy) is 4. The molecule has 0 radical (unpaired) electrons. The highest BCUT2D eigenvalue weighted by Crippen LogP contribution is 2.33. The van der Waals surface area contributed by atoms with Crippen molar-refractivity contribution in [2.45, 2.75) is 26.1 Å². The fraction of sp³-hybridized carbons (Fsp3) is 0.556. The average Bonchev–Trinajstić information content (AvgIpc) is 2.59. The number of methoxy groups -OCH3 is 3. The molecule has 1 saturated heterocycles. The third kappa shape index (κ3) is 4.86. The highest BCUT2D eigenvalue weighted by Gasteiger charge is 2.28. The van der Waals surface area contributed by atoms with Crippen LogP contribution >= 0.6 is 0 Å². The van der Waals surface area contributed by atoms with Crippen LogP contribution in [0.4, 0.5) is 5.69 Å². The van der Waals surface area contributed by atoms with Gasteiger partial charge in [-0.05, 0) is 13.8 Å². The number of benzene rings is 1. The summed E-state index contributed by atoms with van der Waals surface area (Å²) in [6.45, 7) is 5.79. The Kier molecular flexibility index (Phi) is 6.82. The van der Waals surface area contributed by atoms with Crippen molar-refractivity contribution in [2.24, 2.45) is 0 Å². The predicted octanol–water partition coefficient (Wildman–Crippen LogP) is 0.121. The number of carbonyl (C=O) groups is 2. The van der Waals surface area contributed by atoms with Crippen molar-refractivity contribution >= 4 is 17.6 Å². The molecule has 144 valence electrons. The van der Waals surface area contributed by atoms with E-state index in [1.54, 1.807) is 6.07 Å². The van der Waals surface area contributed by atoms with Crippen molar-refractivity contribution in [3.05, 3.63) is 17.7 Å². The number of morpholine rings is 1. The first-order chi connectivity index (χ1) is 12.4. The summed E-state index contributed by atoms with van der Waals surface area (Å²) in [4.78, 5) is 25.7. The normalized spacial score (nSPS) is 22.4. The second-order valence-electron chi connectivity index (χ2n) is 6.38. The number of anilines is 1. The number of quaternary nitrogens is 1. The molecule has 1 aliphatic rings. The Balaban J connectivity index is 2.18. The van der Waals surface area contributed by atoms with E-state index in [2.05, 4.69) is 5.32 Å². The number of rotatable bonds is 6. The van der Waals surface area contributed by atoms with E-state index in [1.807, 2.05) is 13.8 Å². The maximum Gasteiger partial charge on any atom is 0.340 e. The number of nitrogens with one attached hydrogen (secondary N) is 2. The van der Waals surface area contributed by atoms with Crippen molar-refractivity contribution in [1.82, 2.24) is 0 Å². The SMILES string of the molecule is COC(=O)c1cc(OC)c(OC)cc1NC(=O)C[NH+]1C[C@@H](C)O[C@@H](C)C1. The maximum absolute atomic E-state index is 12.5. The predicted molar refractivity (Wildman–Crippen MR) is 95.1 cm³/mol. The zero-order valence-corrected chi connectivity index (χ0v) is 15.9. The Hall–Kier alpha value is -2.32. The lowest BCUT2D eigenvalue weighted by Gasteiger charge is -2.32. The first kappa shape index (κ1) is 20.0. The largest absolute Gasteiger partial charge is 0.493 e. The van der Waals surface area contributed by atoms with Crippen molar-refractivity contribution in [3.63, 3.8) is 0 Å². The first-order valence-electron chi connectivity index (χ1n) is 8.51. The van der Waals surface area contributed by atoms with Crippen LogP contribution in [0.2, 0.25) is 0 Å². The van der Waals surface area contributed by atoms with Gasteiger partial charge in [0.05, 0.1) is 32.6 Å². The second kappa shape index (κ2) is 8.86. The highest BCUT2D eigenvalue weighted by atomic mass is 16.5. The molecule has 0 spiro atoms. The molecule has 1 aromatic carbocycles. The van der Waals surface area contributed by atoms with E-state index in [0.29, 0.717) is 17.2 Å². The van der Waals surface area contributed by atoms with Gasteiger partial charge in [0.15, 0.2) is 18.0 Å². The first-order valence-corrected chi connectivity index (χ1v) is 8.51. The van der Waals surface area contributed by atoms with Crippen LogP contribution in [0.3, 0.4) is 0 Å². The zero-order chi connectivity index (χ0) is 19.3. The van der Waals surface area contributed by atoms with Gasteiger partial charge < -0.3 is 29.2 Å². The van der Waals surface area contributed by atoms with Gasteiger partial charge in [-0.15, -0.1) is 0 Å². The summed E-state index contributed by atoms with van der Waals surface area (Å²) < 4.78 is 21.0. The summed E-state index contributed by atoms with van der Waals surface area (Å²) in [5, 5.41) is 2.79. The number of esters is 1. The minimum absolute atomic E-state index is 0.105. The van der Waals surface area contributed by atoms with E-state index < -0.39 is 5.97 Å². The van der Waals surface area contributed by atoms with E-state index in [-0.39, 0.29) is 30.2 Å². The molecule has 0 bridgehead atoms. The summed E-state index contributed by atoms with van der Waals surface area (Å²) in [5.74, 6) is 0.0321. The number of amides is 1. The van der Waals surface area contributed by atoms with Gasteiger partial charge in [0.2, 0.25) is 0 Å². The van der Waals surface area contributed by atoms with Crippen molar-refractivity contribution < 1.29 is 33.4 Å². The maximum atomic E-state index is 12.5. The highest BCUT2D eigenvalue weighted by molar-refractivity contribution is 6.02. The zero-order valence-electron chi connectivity index (χ0n) is 15.9. The minimum Gasteiger partial charge on any atom is -0.493 e. The lowest BCUT2D eigenvalue weighted by molar-refractivity contribution is -0.907. The van der Waals surface area contributed by atoms with E-state index in [0.717, 1.165) is 18.0 Å². The quantitative estimate of drug-likeness (QED) is 0.695. The molecule has 0 aliphatic carbocycles. The molecule has 1 aromatic rings. The number of hydrogen-bond acceptors (Lipinski definition) is 6. The molecule has 1 aliphatic heterocycles. The topological polar surface area (TPSA) is 87.5 Å². The fourth-order valence-electron chi connectivity index (χ4n) is 3.22. The Labute approximate surface area is 153 Å². The van der Waals surface area contributed by atoms with Gasteiger partial charge in [0.1, 0.15) is 25.3 Å². The summed E-state index contributed by atoms with van der Waals surface area (Å²) in [6.07, 6.45) is 0.210. The van der Waals surface area contributed by atoms with Gasteiger partial charge in [-0.3, -0.25) is 4.79 Å². The van der Waals surface area contributed by atoms with E-state index in [4.69, 9.17) is 18.9 Å². The van der Waals surface area contributed by atoms with Crippen molar-refractivity contribution in [2.75, 3.05) is 46.3 Å². The van der Waals surface area contributed by atoms with E-state index in [1.165, 1.54) is 27.4 Å². The minimum atomic E-state index is -0.567. The van der Waals surface area contributed by atoms with Crippen LogP contribution in [0.25, 0.3) is 0 Å². The third-order valence-electron chi connectivity index (χ3n) is 4.23. The van der Waals surface area contributed by atoms with Crippen LogP contribution in [-0.2, 0) is 14.3 Å². The Morgan fingerprint density at radius 3 is 2.23 bits per heavy atom. The van der Waals surface area contributed by atoms with Crippen LogP contribution in [0.1, 0.15) is 24.2 Å². The summed E-state index contributed by atoms with van der Waals surface area (Å²) >= 11 is 0. The molecule has 1 fully saturated rings. The van der Waals surface area contributed by atoms with E-state index in [9.17, 15) is 9.59 Å². The smallest absolute Gasteiger partial charge is 0.340 e. The summed E-state index contributed by atoms with van der Waals surface area (Å²) in [7, 11) is 4.24. The Morgan fingerprint density at radius 2 is 1.69 bits per heavy atom. The third-order valence-corrected chi connectivity index (χ3v) is 4.23. The lowest BCUT2D eigenvalue weighted by atomic mass is 10.1. The standard InChI is InChI=1S/C18H26N2O6/c1-11-8-20(9-12(2)26-11)10-17(21)19-14-7-16(24-4)15(23-3)6-13(14)18(22)25-5/h6-7,11-12H,8-10H2,1-5H3,(H,19,21)/p+1/t11-,12+. The van der Waals surface area contributed by atoms with E-state index >= 15 is 0 Å². The average molecular weight is 367 g/mol. The lowest BCUT2D eigenvalue weighted by Crippen LogP contribution is -3.16. The van der Waals surface area contributed by atoms with Crippen LogP contribution < -0.4 is 19.7 Å². The Morgan fingerprint density at radius 1 is 1.12 bits per heavy atom. The molecule has 8 nitrogen and oxygen atoms in total. The molecule has 8 heteroatoms. The number of carbonyl (C=O) groups excluding carboxylic acids is 2. The molecule has 3 atom stereocenters. The Bertz CT molecular complexity index is 653. The molecular formula is C18H27N2O6+. The second-order valence-corrected chi connectivity index (χ2v) is 6.38. The van der Waals surface area contributed by atoms with Gasteiger partial charge in [0, 0.05) is 12.1 Å². The van der Waals surface area contributed by atoms with Gasteiger partial charge in [-0.25, -0.2) is 4.79 Å². The molecule has 0 saturated carbocycles. The van der Waals surface area contributed by atoms with Crippen LogP contribution in [0, 0.1) is 0 Å². The van der Waals surface area contributed by atoms with Crippen LogP contribution in [0.15, 0.2) is 12.1 Å². The summed E-state index contributed by atoms with van der Waals surface area (Å²) in [5.41, 5.74) is 0.533. The van der Waals surface area contributed by atoms with Crippen molar-refractivity contribution in [1.29, 1.82) is 0 Å². The molecular weight excluding hydrogens is 340 g/mol. The molecule has 2 N–H and O–H groups in total. The fourth-order valence-corrected chi connectivity index (χ4v) is 3.22. The monoisotopic (exact) mass is 367 g/mol. The van der Waals surface area contributed by atoms with Crippen molar-refractivity contribution in [3.8, 4) is 11.5 Å². The van der Waals surface area contributed by atoms with Gasteiger partial charge in [-0.2, -0.15) is 0 Å². The van der Waals surface area contributed by atoms with Crippen LogP contribution in [0.5, 0.6) is 11.5 Å². The number of hydrogen-bond donors (Lipinski definition) is 2. The molecule has 26 heavy (non-hydrogen) atoms. The van der Waals surface area contributed by atoms with Gasteiger partial charge >= 0.3 is 5.97 Å². The molecule has 1 amide bonds. The summed E-state index contributed by atoms with van der Waals surface area (Å²) in [6, 6.07) is 3.05. The van der Waals surface area contributed by atoms with Gasteiger partial charge in [-0.1, -0.05) is 0 Å². The van der Waals surface area contributed by atoms with Crippen LogP contribution in [-0.4, -0.2) is 65.0 Å². The molecule has 1 unspecified atom stereocenters. The molecule has 2 rings (SSSR count). The van der Waals surface area contributed by atoms with Gasteiger partial charge in [0.25, 0.3) is 5.91 Å². The molecule has 0 aromatic heterocycles.